The summed E-state index contributed by atoms with van der Waals surface area (Å²) in [6.07, 6.45) is 0. The second kappa shape index (κ2) is 8.30. The average molecular weight is 428 g/mol. The van der Waals surface area contributed by atoms with Gasteiger partial charge in [-0.25, -0.2) is 9.37 Å². The van der Waals surface area contributed by atoms with E-state index in [2.05, 4.69) is 4.98 Å². The van der Waals surface area contributed by atoms with Crippen LogP contribution in [0.5, 0.6) is 11.5 Å². The van der Waals surface area contributed by atoms with Crippen LogP contribution in [0.4, 0.5) is 4.39 Å². The molecule has 0 bridgehead atoms. The Balaban J connectivity index is 1.48. The van der Waals surface area contributed by atoms with Crippen molar-refractivity contribution in [3.05, 3.63) is 89.7 Å². The molecule has 32 heavy (non-hydrogen) atoms. The summed E-state index contributed by atoms with van der Waals surface area (Å²) in [7, 11) is 1.77. The molecule has 6 heteroatoms. The van der Waals surface area contributed by atoms with Gasteiger partial charge in [-0.15, -0.1) is 0 Å². The molecular formula is C26H21FN2O3. The summed E-state index contributed by atoms with van der Waals surface area (Å²) in [5, 5.41) is 0.775. The van der Waals surface area contributed by atoms with Crippen LogP contribution in [0.15, 0.2) is 72.8 Å². The molecular weight excluding hydrogens is 407 g/mol. The Morgan fingerprint density at radius 1 is 0.969 bits per heavy atom. The third-order valence-corrected chi connectivity index (χ3v) is 5.46. The molecule has 2 heterocycles. The molecule has 0 unspecified atom stereocenters. The number of hydrogen-bond acceptors (Lipinski definition) is 4. The maximum Gasteiger partial charge on any atom is 0.254 e. The van der Waals surface area contributed by atoms with Gasteiger partial charge in [-0.05, 0) is 54.1 Å². The van der Waals surface area contributed by atoms with Crippen LogP contribution in [-0.2, 0) is 6.54 Å². The highest BCUT2D eigenvalue weighted by Crippen LogP contribution is 2.31. The Labute approximate surface area is 185 Å². The SMILES string of the molecule is CN(Cc1ccc2c(c1)OCCO2)C(=O)c1cc(-c2ccc(F)cc2)nc2ccccc12. The third kappa shape index (κ3) is 3.87. The molecule has 3 aromatic carbocycles. The zero-order chi connectivity index (χ0) is 22.1. The summed E-state index contributed by atoms with van der Waals surface area (Å²) in [5.41, 5.74) is 3.59. The smallest absolute Gasteiger partial charge is 0.254 e. The van der Waals surface area contributed by atoms with Gasteiger partial charge in [0.15, 0.2) is 11.5 Å². The van der Waals surface area contributed by atoms with Crippen molar-refractivity contribution in [2.75, 3.05) is 20.3 Å². The first-order chi connectivity index (χ1) is 15.6. The normalized spacial score (nSPS) is 12.6. The quantitative estimate of drug-likeness (QED) is 0.455. The number of nitrogens with zero attached hydrogens (tertiary/aromatic N) is 2. The number of halogens is 1. The van der Waals surface area contributed by atoms with Crippen molar-refractivity contribution >= 4 is 16.8 Å². The van der Waals surface area contributed by atoms with E-state index in [1.54, 1.807) is 30.1 Å². The van der Waals surface area contributed by atoms with Crippen LogP contribution in [0, 0.1) is 5.82 Å². The predicted octanol–water partition coefficient (Wildman–Crippen LogP) is 5.08. The first kappa shape index (κ1) is 20.0. The largest absolute Gasteiger partial charge is 0.486 e. The molecule has 1 amide bonds. The molecule has 0 spiro atoms. The lowest BCUT2D eigenvalue weighted by molar-refractivity contribution is 0.0786. The monoisotopic (exact) mass is 428 g/mol. The molecule has 0 N–H and O–H groups in total. The Morgan fingerprint density at radius 3 is 2.53 bits per heavy atom. The predicted molar refractivity (Wildman–Crippen MR) is 120 cm³/mol. The summed E-state index contributed by atoms with van der Waals surface area (Å²) in [4.78, 5) is 19.8. The fourth-order valence-corrected chi connectivity index (χ4v) is 3.86. The van der Waals surface area contributed by atoms with Gasteiger partial charge in [0.05, 0.1) is 16.8 Å². The first-order valence-corrected chi connectivity index (χ1v) is 10.4. The van der Waals surface area contributed by atoms with Gasteiger partial charge >= 0.3 is 0 Å². The van der Waals surface area contributed by atoms with Crippen molar-refractivity contribution in [1.82, 2.24) is 9.88 Å². The highest BCUT2D eigenvalue weighted by molar-refractivity contribution is 6.07. The maximum atomic E-state index is 13.5. The number of hydrogen-bond donors (Lipinski definition) is 0. The van der Waals surface area contributed by atoms with Gasteiger partial charge in [0.2, 0.25) is 0 Å². The minimum Gasteiger partial charge on any atom is -0.486 e. The van der Waals surface area contributed by atoms with Gasteiger partial charge in [-0.2, -0.15) is 0 Å². The van der Waals surface area contributed by atoms with E-state index >= 15 is 0 Å². The van der Waals surface area contributed by atoms with Gasteiger partial charge in [-0.1, -0.05) is 24.3 Å². The summed E-state index contributed by atoms with van der Waals surface area (Å²) in [6, 6.07) is 21.1. The Morgan fingerprint density at radius 2 is 1.72 bits per heavy atom. The van der Waals surface area contributed by atoms with Gasteiger partial charge in [0, 0.05) is 24.5 Å². The van der Waals surface area contributed by atoms with Crippen LogP contribution < -0.4 is 9.47 Å². The molecule has 1 aliphatic heterocycles. The van der Waals surface area contributed by atoms with Gasteiger partial charge in [-0.3, -0.25) is 4.79 Å². The number of amides is 1. The van der Waals surface area contributed by atoms with E-state index in [1.165, 1.54) is 12.1 Å². The lowest BCUT2D eigenvalue weighted by Crippen LogP contribution is -2.26. The summed E-state index contributed by atoms with van der Waals surface area (Å²) in [6.45, 7) is 1.47. The molecule has 0 fully saturated rings. The summed E-state index contributed by atoms with van der Waals surface area (Å²) >= 11 is 0. The maximum absolute atomic E-state index is 13.5. The number of benzene rings is 3. The fraction of sp³-hybridized carbons (Fsp3) is 0.154. The number of carbonyl (C=O) groups excluding carboxylic acids is 1. The molecule has 1 aliphatic rings. The van der Waals surface area contributed by atoms with E-state index in [0.29, 0.717) is 42.3 Å². The lowest BCUT2D eigenvalue weighted by atomic mass is 10.0. The zero-order valence-corrected chi connectivity index (χ0v) is 17.5. The minimum atomic E-state index is -0.315. The Bertz CT molecular complexity index is 1300. The van der Waals surface area contributed by atoms with Crippen LogP contribution in [0.25, 0.3) is 22.2 Å². The third-order valence-electron chi connectivity index (χ3n) is 5.46. The van der Waals surface area contributed by atoms with E-state index in [9.17, 15) is 9.18 Å². The van der Waals surface area contributed by atoms with E-state index < -0.39 is 0 Å². The second-order valence-electron chi connectivity index (χ2n) is 7.72. The summed E-state index contributed by atoms with van der Waals surface area (Å²) < 4.78 is 24.6. The van der Waals surface area contributed by atoms with Crippen LogP contribution in [0.3, 0.4) is 0 Å². The van der Waals surface area contributed by atoms with E-state index in [1.807, 2.05) is 42.5 Å². The number of para-hydroxylation sites is 1. The first-order valence-electron chi connectivity index (χ1n) is 10.4. The van der Waals surface area contributed by atoms with Crippen LogP contribution >= 0.6 is 0 Å². The number of fused-ring (bicyclic) bond motifs is 2. The summed E-state index contributed by atoms with van der Waals surface area (Å²) in [5.74, 6) is 0.979. The molecule has 0 atom stereocenters. The minimum absolute atomic E-state index is 0.123. The molecule has 5 rings (SSSR count). The average Bonchev–Trinajstić information content (AvgIpc) is 2.83. The van der Waals surface area contributed by atoms with Crippen molar-refractivity contribution in [1.29, 1.82) is 0 Å². The van der Waals surface area contributed by atoms with Crippen molar-refractivity contribution in [3.8, 4) is 22.8 Å². The van der Waals surface area contributed by atoms with Gasteiger partial charge in [0.1, 0.15) is 19.0 Å². The highest BCUT2D eigenvalue weighted by atomic mass is 19.1. The van der Waals surface area contributed by atoms with Crippen LogP contribution in [-0.4, -0.2) is 36.1 Å². The number of aromatic nitrogens is 1. The van der Waals surface area contributed by atoms with Crippen molar-refractivity contribution in [3.63, 3.8) is 0 Å². The molecule has 0 radical (unpaired) electrons. The number of ether oxygens (including phenoxy) is 2. The topological polar surface area (TPSA) is 51.7 Å². The van der Waals surface area contributed by atoms with Gasteiger partial charge < -0.3 is 14.4 Å². The Kier molecular flexibility index (Phi) is 5.19. The van der Waals surface area contributed by atoms with Crippen molar-refractivity contribution in [2.24, 2.45) is 0 Å². The van der Waals surface area contributed by atoms with Gasteiger partial charge in [0.25, 0.3) is 5.91 Å². The highest BCUT2D eigenvalue weighted by Gasteiger charge is 2.19. The number of pyridine rings is 1. The zero-order valence-electron chi connectivity index (χ0n) is 17.5. The van der Waals surface area contributed by atoms with Crippen LogP contribution in [0.2, 0.25) is 0 Å². The van der Waals surface area contributed by atoms with E-state index in [0.717, 1.165) is 22.3 Å². The standard InChI is InChI=1S/C26H21FN2O3/c1-29(16-17-6-11-24-25(14-17)32-13-12-31-24)26(30)21-15-23(18-7-9-19(27)10-8-18)28-22-5-3-2-4-20(21)22/h2-11,14-15H,12-13,16H2,1H3. The Hall–Kier alpha value is -3.93. The molecule has 160 valence electrons. The second-order valence-corrected chi connectivity index (χ2v) is 7.72. The molecule has 0 aliphatic carbocycles. The molecule has 5 nitrogen and oxygen atoms in total. The van der Waals surface area contributed by atoms with Crippen molar-refractivity contribution in [2.45, 2.75) is 6.54 Å². The molecule has 0 saturated carbocycles. The lowest BCUT2D eigenvalue weighted by Gasteiger charge is -2.22. The van der Waals surface area contributed by atoms with E-state index in [-0.39, 0.29) is 11.7 Å². The molecule has 1 aromatic heterocycles. The molecule has 0 saturated heterocycles. The fourth-order valence-electron chi connectivity index (χ4n) is 3.86. The number of rotatable bonds is 4. The van der Waals surface area contributed by atoms with Crippen LogP contribution in [0.1, 0.15) is 15.9 Å². The van der Waals surface area contributed by atoms with Crippen molar-refractivity contribution < 1.29 is 18.7 Å². The molecule has 4 aromatic rings. The number of carbonyl (C=O) groups is 1. The van der Waals surface area contributed by atoms with E-state index in [4.69, 9.17) is 9.47 Å².